The van der Waals surface area contributed by atoms with Gasteiger partial charge in [-0.1, -0.05) is 54.1 Å². The molecule has 0 radical (unpaired) electrons. The average Bonchev–Trinajstić information content (AvgIpc) is 2.85. The molecular weight excluding hydrogens is 260 g/mol. The molecular formula is C18H16N2O. The minimum absolute atomic E-state index is 0.0407. The fraction of sp³-hybridized carbons (Fsp3) is 0.167. The summed E-state index contributed by atoms with van der Waals surface area (Å²) >= 11 is 0. The van der Waals surface area contributed by atoms with Gasteiger partial charge in [0.1, 0.15) is 0 Å². The van der Waals surface area contributed by atoms with Gasteiger partial charge in [0.25, 0.3) is 0 Å². The number of fused-ring (bicyclic) bond motifs is 2. The quantitative estimate of drug-likeness (QED) is 0.824. The van der Waals surface area contributed by atoms with E-state index in [0.29, 0.717) is 0 Å². The Labute approximate surface area is 123 Å². The zero-order chi connectivity index (χ0) is 14.4. The lowest BCUT2D eigenvalue weighted by Crippen LogP contribution is -2.42. The average molecular weight is 276 g/mol. The molecule has 1 atom stereocenters. The molecule has 0 saturated carbocycles. The number of carbonyl (C=O) groups excluding carboxylic acids is 1. The number of aryl methyl sites for hydroxylation is 1. The monoisotopic (exact) mass is 276 g/mol. The molecule has 0 bridgehead atoms. The van der Waals surface area contributed by atoms with Gasteiger partial charge in [0.05, 0.1) is 11.7 Å². The van der Waals surface area contributed by atoms with Crippen LogP contribution in [0, 0.1) is 6.92 Å². The van der Waals surface area contributed by atoms with Crippen molar-refractivity contribution in [2.45, 2.75) is 19.4 Å². The van der Waals surface area contributed by atoms with E-state index >= 15 is 0 Å². The van der Waals surface area contributed by atoms with Crippen LogP contribution in [0.25, 0.3) is 5.70 Å². The lowest BCUT2D eigenvalue weighted by Gasteiger charge is -2.27. The highest BCUT2D eigenvalue weighted by Crippen LogP contribution is 2.39. The van der Waals surface area contributed by atoms with Crippen LogP contribution in [0.3, 0.4) is 0 Å². The third-order valence-corrected chi connectivity index (χ3v) is 4.23. The Morgan fingerprint density at radius 3 is 2.81 bits per heavy atom. The molecule has 0 fully saturated rings. The molecule has 0 saturated heterocycles. The standard InChI is InChI=1S/C18H16N2O/c1-11-5-4-7-13(9-11)16-15-10-12-6-2-3-8-14(12)17(15)20-18(21)19-16/h2-9,16H,10H2,1H3,(H2,19,20,21). The van der Waals surface area contributed by atoms with Crippen molar-refractivity contribution in [3.05, 3.63) is 76.4 Å². The molecule has 4 rings (SSSR count). The maximum Gasteiger partial charge on any atom is 0.319 e. The number of benzene rings is 2. The summed E-state index contributed by atoms with van der Waals surface area (Å²) in [5, 5.41) is 6.04. The van der Waals surface area contributed by atoms with Crippen molar-refractivity contribution >= 4 is 11.7 Å². The maximum absolute atomic E-state index is 12.0. The molecule has 1 unspecified atom stereocenters. The van der Waals surface area contributed by atoms with Crippen LogP contribution in [0.5, 0.6) is 0 Å². The second-order valence-corrected chi connectivity index (χ2v) is 5.68. The van der Waals surface area contributed by atoms with Crippen molar-refractivity contribution in [1.82, 2.24) is 10.6 Å². The molecule has 104 valence electrons. The second kappa shape index (κ2) is 4.48. The summed E-state index contributed by atoms with van der Waals surface area (Å²) in [6.45, 7) is 2.07. The SMILES string of the molecule is Cc1cccc(C2NC(=O)NC3=C2Cc2ccccc23)c1. The first-order valence-corrected chi connectivity index (χ1v) is 7.18. The second-order valence-electron chi connectivity index (χ2n) is 5.68. The van der Waals surface area contributed by atoms with E-state index < -0.39 is 0 Å². The number of carbonyl (C=O) groups is 1. The van der Waals surface area contributed by atoms with Gasteiger partial charge in [0.2, 0.25) is 0 Å². The first-order chi connectivity index (χ1) is 10.2. The summed E-state index contributed by atoms with van der Waals surface area (Å²) in [4.78, 5) is 12.0. The number of amides is 2. The zero-order valence-electron chi connectivity index (χ0n) is 11.8. The molecule has 0 spiro atoms. The minimum atomic E-state index is -0.128. The van der Waals surface area contributed by atoms with E-state index in [1.165, 1.54) is 16.7 Å². The van der Waals surface area contributed by atoms with E-state index in [2.05, 4.69) is 47.9 Å². The molecule has 2 N–H and O–H groups in total. The Balaban J connectivity index is 1.83. The largest absolute Gasteiger partial charge is 0.327 e. The van der Waals surface area contributed by atoms with Crippen molar-refractivity contribution in [2.24, 2.45) is 0 Å². The summed E-state index contributed by atoms with van der Waals surface area (Å²) in [6, 6.07) is 16.5. The summed E-state index contributed by atoms with van der Waals surface area (Å²) in [5.41, 5.74) is 7.02. The van der Waals surface area contributed by atoms with E-state index in [4.69, 9.17) is 0 Å². The lowest BCUT2D eigenvalue weighted by atomic mass is 9.94. The van der Waals surface area contributed by atoms with Crippen LogP contribution in [-0.2, 0) is 6.42 Å². The van der Waals surface area contributed by atoms with Crippen molar-refractivity contribution < 1.29 is 4.79 Å². The number of hydrogen-bond donors (Lipinski definition) is 2. The molecule has 2 aromatic carbocycles. The van der Waals surface area contributed by atoms with Crippen LogP contribution >= 0.6 is 0 Å². The van der Waals surface area contributed by atoms with Crippen molar-refractivity contribution in [1.29, 1.82) is 0 Å². The first-order valence-electron chi connectivity index (χ1n) is 7.18. The molecule has 1 heterocycles. The molecule has 1 aliphatic carbocycles. The Bertz CT molecular complexity index is 776. The Morgan fingerprint density at radius 1 is 1.10 bits per heavy atom. The van der Waals surface area contributed by atoms with E-state index in [1.54, 1.807) is 0 Å². The van der Waals surface area contributed by atoms with Gasteiger partial charge in [-0.2, -0.15) is 0 Å². The van der Waals surface area contributed by atoms with Gasteiger partial charge in [-0.15, -0.1) is 0 Å². The topological polar surface area (TPSA) is 41.1 Å². The fourth-order valence-corrected chi connectivity index (χ4v) is 3.28. The van der Waals surface area contributed by atoms with Crippen molar-refractivity contribution in [2.75, 3.05) is 0 Å². The van der Waals surface area contributed by atoms with Gasteiger partial charge in [0, 0.05) is 5.56 Å². The molecule has 21 heavy (non-hydrogen) atoms. The maximum atomic E-state index is 12.0. The smallest absolute Gasteiger partial charge is 0.319 e. The van der Waals surface area contributed by atoms with Crippen LogP contribution < -0.4 is 10.6 Å². The molecule has 0 aromatic heterocycles. The van der Waals surface area contributed by atoms with E-state index in [1.807, 2.05) is 18.2 Å². The number of rotatable bonds is 1. The normalized spacial score (nSPS) is 19.7. The fourth-order valence-electron chi connectivity index (χ4n) is 3.28. The highest BCUT2D eigenvalue weighted by molar-refractivity contribution is 5.92. The van der Waals surface area contributed by atoms with E-state index in [9.17, 15) is 4.79 Å². The molecule has 3 nitrogen and oxygen atoms in total. The Kier molecular flexibility index (Phi) is 2.61. The highest BCUT2D eigenvalue weighted by atomic mass is 16.2. The van der Waals surface area contributed by atoms with Gasteiger partial charge in [0.15, 0.2) is 0 Å². The predicted molar refractivity (Wildman–Crippen MR) is 82.7 cm³/mol. The third kappa shape index (κ3) is 1.93. The molecule has 1 aliphatic heterocycles. The first kappa shape index (κ1) is 12.2. The molecule has 2 aliphatic rings. The lowest BCUT2D eigenvalue weighted by molar-refractivity contribution is 0.240. The zero-order valence-corrected chi connectivity index (χ0v) is 11.8. The van der Waals surface area contributed by atoms with Gasteiger partial charge >= 0.3 is 6.03 Å². The minimum Gasteiger partial charge on any atom is -0.327 e. The van der Waals surface area contributed by atoms with Crippen LogP contribution in [0.1, 0.15) is 28.3 Å². The Morgan fingerprint density at radius 2 is 1.95 bits per heavy atom. The summed E-state index contributed by atoms with van der Waals surface area (Å²) in [5.74, 6) is 0. The van der Waals surface area contributed by atoms with Crippen LogP contribution in [-0.4, -0.2) is 6.03 Å². The van der Waals surface area contributed by atoms with Crippen LogP contribution in [0.2, 0.25) is 0 Å². The van der Waals surface area contributed by atoms with Gasteiger partial charge in [-0.05, 0) is 30.0 Å². The molecule has 3 heteroatoms. The third-order valence-electron chi connectivity index (χ3n) is 4.23. The number of urea groups is 1. The van der Waals surface area contributed by atoms with E-state index in [0.717, 1.165) is 23.2 Å². The van der Waals surface area contributed by atoms with E-state index in [-0.39, 0.29) is 12.1 Å². The van der Waals surface area contributed by atoms with Crippen LogP contribution in [0.15, 0.2) is 54.1 Å². The predicted octanol–water partition coefficient (Wildman–Crippen LogP) is 3.32. The van der Waals surface area contributed by atoms with Crippen LogP contribution in [0.4, 0.5) is 4.79 Å². The van der Waals surface area contributed by atoms with Gasteiger partial charge in [-0.3, -0.25) is 0 Å². The molecule has 2 aromatic rings. The summed E-state index contributed by atoms with van der Waals surface area (Å²) in [7, 11) is 0. The molecule has 2 amide bonds. The van der Waals surface area contributed by atoms with Gasteiger partial charge < -0.3 is 10.6 Å². The van der Waals surface area contributed by atoms with Crippen molar-refractivity contribution in [3.8, 4) is 0 Å². The summed E-state index contributed by atoms with van der Waals surface area (Å²) < 4.78 is 0. The summed E-state index contributed by atoms with van der Waals surface area (Å²) in [6.07, 6.45) is 0.886. The number of hydrogen-bond acceptors (Lipinski definition) is 1. The number of nitrogens with one attached hydrogen (secondary N) is 2. The Hall–Kier alpha value is -2.55. The highest BCUT2D eigenvalue weighted by Gasteiger charge is 2.33. The van der Waals surface area contributed by atoms with Gasteiger partial charge in [-0.25, -0.2) is 4.79 Å². The van der Waals surface area contributed by atoms with Crippen molar-refractivity contribution in [3.63, 3.8) is 0 Å².